The van der Waals surface area contributed by atoms with Gasteiger partial charge in [-0.1, -0.05) is 0 Å². The van der Waals surface area contributed by atoms with Crippen LogP contribution in [0.4, 0.5) is 4.79 Å². The van der Waals surface area contributed by atoms with Gasteiger partial charge >= 0.3 is 6.09 Å². The van der Waals surface area contributed by atoms with Crippen LogP contribution in [0.15, 0.2) is 29.1 Å². The van der Waals surface area contributed by atoms with Crippen LogP contribution in [0, 0.1) is 11.3 Å². The van der Waals surface area contributed by atoms with E-state index in [2.05, 4.69) is 26.5 Å². The Kier molecular flexibility index (Phi) is 5.00. The lowest BCUT2D eigenvalue weighted by atomic mass is 10.1. The van der Waals surface area contributed by atoms with Crippen molar-refractivity contribution in [3.8, 4) is 17.3 Å². The van der Waals surface area contributed by atoms with E-state index < -0.39 is 17.4 Å². The van der Waals surface area contributed by atoms with Crippen molar-refractivity contribution in [1.82, 2.24) is 25.1 Å². The van der Waals surface area contributed by atoms with Crippen molar-refractivity contribution < 1.29 is 13.9 Å². The first-order valence-corrected chi connectivity index (χ1v) is 8.83. The van der Waals surface area contributed by atoms with Gasteiger partial charge in [0.2, 0.25) is 5.28 Å². The fourth-order valence-electron chi connectivity index (χ4n) is 2.61. The maximum absolute atomic E-state index is 12.2. The van der Waals surface area contributed by atoms with Crippen molar-refractivity contribution in [3.63, 3.8) is 0 Å². The third-order valence-corrected chi connectivity index (χ3v) is 4.00. The van der Waals surface area contributed by atoms with Crippen molar-refractivity contribution in [3.05, 3.63) is 30.0 Å². The Morgan fingerprint density at radius 3 is 2.82 bits per heavy atom. The van der Waals surface area contributed by atoms with Gasteiger partial charge in [0.15, 0.2) is 5.58 Å². The number of carbonyl (C=O) groups is 1. The minimum atomic E-state index is -1.13. The Labute approximate surface area is 166 Å². The van der Waals surface area contributed by atoms with Crippen LogP contribution in [0.5, 0.6) is 0 Å². The van der Waals surface area contributed by atoms with E-state index in [1.165, 1.54) is 10.9 Å². The highest BCUT2D eigenvalue weighted by atomic mass is 35.5. The standard InChI is InChI=1S/C18H19ClN6O3/c1-17(2,3)28-16(26)24-18(4,6-7-20)25-10-11(9-21-25)13-14-12(5-8-27-14)22-15(19)23-13/h5,8-10H,6H2,1-4H3,(H,24,26). The zero-order valence-electron chi connectivity index (χ0n) is 15.9. The molecule has 0 aliphatic rings. The molecule has 3 heterocycles. The molecule has 1 N–H and O–H groups in total. The van der Waals surface area contributed by atoms with Gasteiger partial charge in [0.1, 0.15) is 22.5 Å². The van der Waals surface area contributed by atoms with Crippen LogP contribution in [0.25, 0.3) is 22.4 Å². The predicted octanol–water partition coefficient (Wildman–Crippen LogP) is 3.85. The van der Waals surface area contributed by atoms with E-state index in [4.69, 9.17) is 20.8 Å². The normalized spacial score (nSPS) is 13.7. The number of amides is 1. The van der Waals surface area contributed by atoms with Crippen LogP contribution >= 0.6 is 11.6 Å². The second kappa shape index (κ2) is 7.13. The smallest absolute Gasteiger partial charge is 0.409 e. The minimum absolute atomic E-state index is 0.0337. The SMILES string of the molecule is CC(C)(C)OC(=O)NC(C)(CC#N)n1cc(-c2nc(Cl)nc3ccoc23)cn1. The van der Waals surface area contributed by atoms with Gasteiger partial charge in [-0.25, -0.2) is 19.4 Å². The lowest BCUT2D eigenvalue weighted by Crippen LogP contribution is -2.49. The zero-order chi connectivity index (χ0) is 20.5. The first-order valence-electron chi connectivity index (χ1n) is 8.46. The summed E-state index contributed by atoms with van der Waals surface area (Å²) in [5.41, 5.74) is 0.284. The van der Waals surface area contributed by atoms with Crippen LogP contribution in [-0.2, 0) is 10.4 Å². The van der Waals surface area contributed by atoms with Gasteiger partial charge in [-0.3, -0.25) is 5.32 Å². The van der Waals surface area contributed by atoms with E-state index in [9.17, 15) is 10.1 Å². The van der Waals surface area contributed by atoms with Crippen LogP contribution in [-0.4, -0.2) is 31.4 Å². The molecule has 28 heavy (non-hydrogen) atoms. The minimum Gasteiger partial charge on any atom is -0.460 e. The molecule has 146 valence electrons. The van der Waals surface area contributed by atoms with Crippen molar-refractivity contribution in [2.24, 2.45) is 0 Å². The second-order valence-corrected chi connectivity index (χ2v) is 7.72. The molecule has 3 rings (SSSR count). The van der Waals surface area contributed by atoms with Gasteiger partial charge in [-0.05, 0) is 39.3 Å². The second-order valence-electron chi connectivity index (χ2n) is 7.39. The molecule has 0 aliphatic carbocycles. The van der Waals surface area contributed by atoms with Gasteiger partial charge in [-0.15, -0.1) is 0 Å². The molecule has 0 bridgehead atoms. The molecule has 9 nitrogen and oxygen atoms in total. The summed E-state index contributed by atoms with van der Waals surface area (Å²) in [4.78, 5) is 20.6. The number of ether oxygens (including phenoxy) is 1. The molecule has 0 aromatic carbocycles. The summed E-state index contributed by atoms with van der Waals surface area (Å²) in [5.74, 6) is 0. The number of halogens is 1. The molecule has 0 aliphatic heterocycles. The van der Waals surface area contributed by atoms with E-state index in [-0.39, 0.29) is 11.7 Å². The Balaban J connectivity index is 1.96. The Bertz CT molecular complexity index is 1060. The van der Waals surface area contributed by atoms with Crippen LogP contribution in [0.1, 0.15) is 34.1 Å². The van der Waals surface area contributed by atoms with E-state index >= 15 is 0 Å². The van der Waals surface area contributed by atoms with Crippen LogP contribution in [0.2, 0.25) is 5.28 Å². The highest BCUT2D eigenvalue weighted by Gasteiger charge is 2.32. The van der Waals surface area contributed by atoms with Gasteiger partial charge in [0, 0.05) is 17.8 Å². The summed E-state index contributed by atoms with van der Waals surface area (Å²) in [5, 5.41) is 16.3. The Morgan fingerprint density at radius 1 is 1.39 bits per heavy atom. The van der Waals surface area contributed by atoms with Gasteiger partial charge in [0.25, 0.3) is 0 Å². The molecule has 1 atom stereocenters. The first kappa shape index (κ1) is 19.6. The summed E-state index contributed by atoms with van der Waals surface area (Å²) in [6, 6.07) is 3.74. The van der Waals surface area contributed by atoms with Gasteiger partial charge in [0.05, 0.1) is 25.0 Å². The molecule has 0 fully saturated rings. The van der Waals surface area contributed by atoms with Crippen molar-refractivity contribution in [1.29, 1.82) is 5.26 Å². The average molecular weight is 403 g/mol. The van der Waals surface area contributed by atoms with Gasteiger partial charge in [-0.2, -0.15) is 10.4 Å². The van der Waals surface area contributed by atoms with E-state index in [0.29, 0.717) is 22.4 Å². The molecule has 1 amide bonds. The monoisotopic (exact) mass is 402 g/mol. The fraction of sp³-hybridized carbons (Fsp3) is 0.389. The van der Waals surface area contributed by atoms with Gasteiger partial charge < -0.3 is 9.15 Å². The van der Waals surface area contributed by atoms with Crippen molar-refractivity contribution in [2.75, 3.05) is 0 Å². The molecule has 0 spiro atoms. The quantitative estimate of drug-likeness (QED) is 0.658. The first-order chi connectivity index (χ1) is 13.1. The number of alkyl carbamates (subject to hydrolysis) is 1. The number of furan rings is 1. The maximum Gasteiger partial charge on any atom is 0.409 e. The molecule has 10 heteroatoms. The molecular weight excluding hydrogens is 384 g/mol. The van der Waals surface area contributed by atoms with Crippen molar-refractivity contribution in [2.45, 2.75) is 45.4 Å². The highest BCUT2D eigenvalue weighted by Crippen LogP contribution is 2.29. The molecule has 1 unspecified atom stereocenters. The Morgan fingerprint density at radius 2 is 2.14 bits per heavy atom. The zero-order valence-corrected chi connectivity index (χ0v) is 16.6. The number of nitrogens with one attached hydrogen (secondary N) is 1. The largest absolute Gasteiger partial charge is 0.460 e. The highest BCUT2D eigenvalue weighted by molar-refractivity contribution is 6.28. The Hall–Kier alpha value is -3.12. The number of aromatic nitrogens is 4. The third-order valence-electron chi connectivity index (χ3n) is 3.83. The number of hydrogen-bond acceptors (Lipinski definition) is 7. The number of nitrogens with zero attached hydrogens (tertiary/aromatic N) is 5. The maximum atomic E-state index is 12.2. The summed E-state index contributed by atoms with van der Waals surface area (Å²) < 4.78 is 12.2. The average Bonchev–Trinajstić information content (AvgIpc) is 3.21. The van der Waals surface area contributed by atoms with E-state index in [1.54, 1.807) is 46.2 Å². The molecule has 3 aromatic heterocycles. The molecular formula is C18H19ClN6O3. The number of fused-ring (bicyclic) bond motifs is 1. The lowest BCUT2D eigenvalue weighted by molar-refractivity contribution is 0.0399. The molecule has 0 saturated heterocycles. The number of rotatable bonds is 4. The third kappa shape index (κ3) is 4.07. The lowest BCUT2D eigenvalue weighted by Gasteiger charge is -2.30. The molecule has 0 saturated carbocycles. The van der Waals surface area contributed by atoms with Crippen LogP contribution < -0.4 is 5.32 Å². The fourth-order valence-corrected chi connectivity index (χ4v) is 2.78. The van der Waals surface area contributed by atoms with E-state index in [1.807, 2.05) is 0 Å². The van der Waals surface area contributed by atoms with Crippen molar-refractivity contribution >= 4 is 28.8 Å². The predicted molar refractivity (Wildman–Crippen MR) is 101 cm³/mol. The number of hydrogen-bond donors (Lipinski definition) is 1. The number of carbonyl (C=O) groups excluding carboxylic acids is 1. The summed E-state index contributed by atoms with van der Waals surface area (Å²) in [7, 11) is 0. The topological polar surface area (TPSA) is 119 Å². The van der Waals surface area contributed by atoms with Crippen LogP contribution in [0.3, 0.4) is 0 Å². The summed E-state index contributed by atoms with van der Waals surface area (Å²) in [6.07, 6.45) is 4.00. The van der Waals surface area contributed by atoms with E-state index in [0.717, 1.165) is 0 Å². The summed E-state index contributed by atoms with van der Waals surface area (Å²) >= 11 is 6.00. The number of nitriles is 1. The molecule has 0 radical (unpaired) electrons. The summed E-state index contributed by atoms with van der Waals surface area (Å²) in [6.45, 7) is 6.95. The molecule has 3 aromatic rings.